The van der Waals surface area contributed by atoms with Crippen LogP contribution in [0.25, 0.3) is 33.7 Å². The number of aryl methyl sites for hydroxylation is 4. The average molecular weight is 537 g/mol. The lowest BCUT2D eigenvalue weighted by Crippen LogP contribution is -2.29. The predicted molar refractivity (Wildman–Crippen MR) is 162 cm³/mol. The molecule has 0 saturated carbocycles. The van der Waals surface area contributed by atoms with Crippen molar-refractivity contribution in [3.63, 3.8) is 0 Å². The van der Waals surface area contributed by atoms with E-state index in [1.807, 2.05) is 23.9 Å². The maximum absolute atomic E-state index is 6.51. The molecule has 0 spiro atoms. The number of aromatic nitrogens is 6. The molecule has 3 aromatic heterocycles. The maximum atomic E-state index is 6.51. The SMILES string of the molecule is Cc1cc(N(C)CCN(C)C)c(N)cc1Nc1nccc(-c2c(-c3ncnn3C)n3c4c(cccc24)CCC3)n1. The van der Waals surface area contributed by atoms with Gasteiger partial charge in [0, 0.05) is 56.6 Å². The van der Waals surface area contributed by atoms with Crippen LogP contribution in [-0.4, -0.2) is 68.4 Å². The molecule has 0 aliphatic carbocycles. The predicted octanol–water partition coefficient (Wildman–Crippen LogP) is 4.47. The van der Waals surface area contributed by atoms with Gasteiger partial charge in [-0.25, -0.2) is 19.6 Å². The second-order valence-electron chi connectivity index (χ2n) is 10.8. The first kappa shape index (κ1) is 25.8. The first-order chi connectivity index (χ1) is 19.3. The summed E-state index contributed by atoms with van der Waals surface area (Å²) in [5.74, 6) is 1.34. The number of hydrogen-bond acceptors (Lipinski definition) is 8. The van der Waals surface area contributed by atoms with Crippen molar-refractivity contribution in [1.29, 1.82) is 0 Å². The summed E-state index contributed by atoms with van der Waals surface area (Å²) in [6.07, 6.45) is 5.56. The van der Waals surface area contributed by atoms with Gasteiger partial charge >= 0.3 is 0 Å². The van der Waals surface area contributed by atoms with Crippen molar-refractivity contribution in [1.82, 2.24) is 34.2 Å². The number of anilines is 4. The van der Waals surface area contributed by atoms with Crippen LogP contribution >= 0.6 is 0 Å². The first-order valence-electron chi connectivity index (χ1n) is 13.7. The second-order valence-corrected chi connectivity index (χ2v) is 10.8. The van der Waals surface area contributed by atoms with E-state index in [1.165, 1.54) is 16.5 Å². The van der Waals surface area contributed by atoms with Crippen molar-refractivity contribution in [3.05, 3.63) is 60.0 Å². The minimum absolute atomic E-state index is 0.518. The normalized spacial score (nSPS) is 12.8. The molecule has 0 saturated heterocycles. The summed E-state index contributed by atoms with van der Waals surface area (Å²) in [5, 5.41) is 8.97. The Morgan fingerprint density at radius 3 is 2.70 bits per heavy atom. The van der Waals surface area contributed by atoms with E-state index in [4.69, 9.17) is 10.7 Å². The van der Waals surface area contributed by atoms with Gasteiger partial charge in [0.25, 0.3) is 0 Å². The number of nitrogens with two attached hydrogens (primary N) is 1. The lowest BCUT2D eigenvalue weighted by atomic mass is 10.0. The summed E-state index contributed by atoms with van der Waals surface area (Å²) in [6, 6.07) is 12.6. The van der Waals surface area contributed by atoms with Crippen LogP contribution in [0.4, 0.5) is 23.0 Å². The lowest BCUT2D eigenvalue weighted by Gasteiger charge is -2.24. The van der Waals surface area contributed by atoms with Crippen LogP contribution < -0.4 is 16.0 Å². The van der Waals surface area contributed by atoms with Gasteiger partial charge in [0.15, 0.2) is 5.82 Å². The Hall–Kier alpha value is -4.44. The first-order valence-corrected chi connectivity index (χ1v) is 13.7. The van der Waals surface area contributed by atoms with Gasteiger partial charge in [-0.15, -0.1) is 0 Å². The van der Waals surface area contributed by atoms with Crippen molar-refractivity contribution in [2.24, 2.45) is 7.05 Å². The van der Waals surface area contributed by atoms with E-state index in [1.54, 1.807) is 12.5 Å². The molecule has 6 rings (SSSR count). The summed E-state index contributed by atoms with van der Waals surface area (Å²) in [7, 11) is 8.15. The summed E-state index contributed by atoms with van der Waals surface area (Å²) in [5.41, 5.74) is 15.7. The summed E-state index contributed by atoms with van der Waals surface area (Å²) >= 11 is 0. The zero-order valence-electron chi connectivity index (χ0n) is 23.8. The van der Waals surface area contributed by atoms with E-state index in [-0.39, 0.29) is 0 Å². The molecule has 0 amide bonds. The Balaban J connectivity index is 1.40. The topological polar surface area (TPSA) is 106 Å². The van der Waals surface area contributed by atoms with Crippen LogP contribution in [0.3, 0.4) is 0 Å². The molecule has 3 N–H and O–H groups in total. The molecular formula is C30H36N10. The molecule has 5 aromatic rings. The smallest absolute Gasteiger partial charge is 0.227 e. The average Bonchev–Trinajstić information content (AvgIpc) is 3.51. The number of nitrogen functional groups attached to an aromatic ring is 1. The fourth-order valence-electron chi connectivity index (χ4n) is 5.67. The largest absolute Gasteiger partial charge is 0.397 e. The molecule has 1 aliphatic rings. The quantitative estimate of drug-likeness (QED) is 0.280. The van der Waals surface area contributed by atoms with Crippen molar-refractivity contribution in [2.45, 2.75) is 26.3 Å². The van der Waals surface area contributed by atoms with Crippen LogP contribution in [0.1, 0.15) is 17.5 Å². The third-order valence-electron chi connectivity index (χ3n) is 7.74. The monoisotopic (exact) mass is 536 g/mol. The standard InChI is InChI=1S/C30H36N10/c1-19-16-25(38(4)15-14-37(2)3)22(31)17-24(19)36-30-32-12-11-23(35-30)26-21-10-6-8-20-9-7-13-40(27(20)21)28(26)29-33-18-34-39(29)5/h6,8,10-12,16-18H,7,9,13-15,31H2,1-5H3,(H,32,35,36). The number of nitrogens with zero attached hydrogens (tertiary/aromatic N) is 8. The maximum Gasteiger partial charge on any atom is 0.227 e. The van der Waals surface area contributed by atoms with Gasteiger partial charge in [-0.3, -0.25) is 0 Å². The van der Waals surface area contributed by atoms with Crippen molar-refractivity contribution >= 4 is 33.9 Å². The molecule has 40 heavy (non-hydrogen) atoms. The van der Waals surface area contributed by atoms with Gasteiger partial charge < -0.3 is 25.4 Å². The molecule has 0 radical (unpaired) electrons. The third-order valence-corrected chi connectivity index (χ3v) is 7.74. The molecule has 1 aliphatic heterocycles. The molecule has 0 atom stereocenters. The summed E-state index contributed by atoms with van der Waals surface area (Å²) < 4.78 is 4.22. The van der Waals surface area contributed by atoms with Crippen LogP contribution in [0.2, 0.25) is 0 Å². The zero-order chi connectivity index (χ0) is 28.0. The molecule has 0 unspecified atom stereocenters. The highest BCUT2D eigenvalue weighted by Crippen LogP contribution is 2.42. The van der Waals surface area contributed by atoms with Gasteiger partial charge in [0.1, 0.15) is 6.33 Å². The van der Waals surface area contributed by atoms with E-state index in [0.29, 0.717) is 11.6 Å². The molecule has 10 heteroatoms. The van der Waals surface area contributed by atoms with Crippen LogP contribution in [-0.2, 0) is 20.0 Å². The van der Waals surface area contributed by atoms with E-state index >= 15 is 0 Å². The second kappa shape index (κ2) is 10.3. The molecule has 4 heterocycles. The Labute approximate surface area is 234 Å². The number of likely N-dealkylation sites (N-methyl/N-ethyl adjacent to an activating group) is 2. The van der Waals surface area contributed by atoms with Gasteiger partial charge in [-0.05, 0) is 63.2 Å². The molecule has 0 fully saturated rings. The lowest BCUT2D eigenvalue weighted by molar-refractivity contribution is 0.416. The molecule has 0 bridgehead atoms. The van der Waals surface area contributed by atoms with E-state index < -0.39 is 0 Å². The highest BCUT2D eigenvalue weighted by atomic mass is 15.3. The number of hydrogen-bond donors (Lipinski definition) is 2. The number of rotatable bonds is 8. The number of para-hydroxylation sites is 1. The summed E-state index contributed by atoms with van der Waals surface area (Å²) in [4.78, 5) is 18.6. The van der Waals surface area contributed by atoms with Gasteiger partial charge in [-0.2, -0.15) is 5.10 Å². The van der Waals surface area contributed by atoms with Crippen molar-refractivity contribution < 1.29 is 0 Å². The van der Waals surface area contributed by atoms with E-state index in [9.17, 15) is 0 Å². The fraction of sp³-hybridized carbons (Fsp3) is 0.333. The minimum Gasteiger partial charge on any atom is -0.397 e. The molecule has 10 nitrogen and oxygen atoms in total. The molecule has 2 aromatic carbocycles. The van der Waals surface area contributed by atoms with Crippen molar-refractivity contribution in [2.75, 3.05) is 50.2 Å². The zero-order valence-corrected chi connectivity index (χ0v) is 23.8. The van der Waals surface area contributed by atoms with Gasteiger partial charge in [0.2, 0.25) is 5.95 Å². The Morgan fingerprint density at radius 2 is 1.93 bits per heavy atom. The molecule has 206 valence electrons. The van der Waals surface area contributed by atoms with Crippen LogP contribution in [0.15, 0.2) is 48.9 Å². The third kappa shape index (κ3) is 4.54. The Kier molecular flexibility index (Phi) is 6.63. The number of benzene rings is 2. The summed E-state index contributed by atoms with van der Waals surface area (Å²) in [6.45, 7) is 4.84. The van der Waals surface area contributed by atoms with Crippen LogP contribution in [0, 0.1) is 6.92 Å². The fourth-order valence-corrected chi connectivity index (χ4v) is 5.67. The molecular weight excluding hydrogens is 500 g/mol. The Morgan fingerprint density at radius 1 is 1.07 bits per heavy atom. The minimum atomic E-state index is 0.518. The Bertz CT molecular complexity index is 1700. The van der Waals surface area contributed by atoms with E-state index in [2.05, 4.69) is 87.1 Å². The van der Waals surface area contributed by atoms with Gasteiger partial charge in [-0.1, -0.05) is 18.2 Å². The van der Waals surface area contributed by atoms with E-state index in [0.717, 1.165) is 72.2 Å². The highest BCUT2D eigenvalue weighted by molar-refractivity contribution is 6.04. The van der Waals surface area contributed by atoms with Gasteiger partial charge in [0.05, 0.1) is 28.3 Å². The van der Waals surface area contributed by atoms with Crippen molar-refractivity contribution in [3.8, 4) is 22.8 Å². The highest BCUT2D eigenvalue weighted by Gasteiger charge is 2.27. The number of nitrogens with one attached hydrogen (secondary N) is 1. The van der Waals surface area contributed by atoms with Crippen LogP contribution in [0.5, 0.6) is 0 Å².